The van der Waals surface area contributed by atoms with Crippen LogP contribution >= 0.6 is 0 Å². The molecule has 5 N–H and O–H groups in total. The third-order valence-corrected chi connectivity index (χ3v) is 3.79. The fourth-order valence-electron chi connectivity index (χ4n) is 2.21. The van der Waals surface area contributed by atoms with E-state index in [-0.39, 0.29) is 23.2 Å². The molecule has 6 nitrogen and oxygen atoms in total. The van der Waals surface area contributed by atoms with Gasteiger partial charge in [-0.15, -0.1) is 0 Å². The largest absolute Gasteiger partial charge is 0.366 e. The van der Waals surface area contributed by atoms with E-state index in [1.165, 1.54) is 23.9 Å². The predicted octanol–water partition coefficient (Wildman–Crippen LogP) is 1.73. The zero-order valence-electron chi connectivity index (χ0n) is 13.8. The number of carbonyl (C=O) groups is 2. The third-order valence-electron chi connectivity index (χ3n) is 3.79. The minimum Gasteiger partial charge on any atom is -0.366 e. The van der Waals surface area contributed by atoms with Gasteiger partial charge in [0.2, 0.25) is 5.91 Å². The van der Waals surface area contributed by atoms with Gasteiger partial charge in [0.1, 0.15) is 5.69 Å². The van der Waals surface area contributed by atoms with Gasteiger partial charge < -0.3 is 16.8 Å². The molecule has 0 aliphatic heterocycles. The summed E-state index contributed by atoms with van der Waals surface area (Å²) in [5.41, 5.74) is 13.9. The number of hydrogen-bond acceptors (Lipinski definition) is 4. The first-order valence-corrected chi connectivity index (χ1v) is 7.78. The fraction of sp³-hybridized carbons (Fsp3) is 0.278. The van der Waals surface area contributed by atoms with E-state index >= 15 is 0 Å². The van der Waals surface area contributed by atoms with E-state index in [1.54, 1.807) is 0 Å². The summed E-state index contributed by atoms with van der Waals surface area (Å²) in [7, 11) is 0. The number of hydrogen-bond donors (Lipinski definition) is 3. The SMILES string of the molecule is CC(C)c1ccc(C(N)CNC(=O)c2ccc(C(N)=O)cn2)cc1. The average molecular weight is 326 g/mol. The molecule has 2 rings (SSSR count). The van der Waals surface area contributed by atoms with E-state index in [1.807, 2.05) is 24.3 Å². The van der Waals surface area contributed by atoms with Crippen LogP contribution in [0.2, 0.25) is 0 Å². The normalized spacial score (nSPS) is 12.0. The van der Waals surface area contributed by atoms with Gasteiger partial charge in [-0.05, 0) is 29.2 Å². The van der Waals surface area contributed by atoms with Crippen molar-refractivity contribution in [3.8, 4) is 0 Å². The number of benzene rings is 1. The summed E-state index contributed by atoms with van der Waals surface area (Å²) in [5, 5.41) is 2.74. The third kappa shape index (κ3) is 4.39. The second kappa shape index (κ2) is 7.70. The lowest BCUT2D eigenvalue weighted by atomic mass is 9.99. The lowest BCUT2D eigenvalue weighted by molar-refractivity contribution is 0.0943. The second-order valence-electron chi connectivity index (χ2n) is 5.93. The highest BCUT2D eigenvalue weighted by atomic mass is 16.2. The van der Waals surface area contributed by atoms with Crippen LogP contribution in [-0.2, 0) is 0 Å². The molecule has 2 aromatic rings. The number of amides is 2. The van der Waals surface area contributed by atoms with Crippen LogP contribution in [0, 0.1) is 0 Å². The van der Waals surface area contributed by atoms with Crippen LogP contribution in [0.3, 0.4) is 0 Å². The molecule has 1 heterocycles. The lowest BCUT2D eigenvalue weighted by Crippen LogP contribution is -2.32. The van der Waals surface area contributed by atoms with Gasteiger partial charge in [-0.25, -0.2) is 0 Å². The Morgan fingerprint density at radius 1 is 1.08 bits per heavy atom. The highest BCUT2D eigenvalue weighted by Crippen LogP contribution is 2.17. The molecule has 2 amide bonds. The number of primary amides is 1. The van der Waals surface area contributed by atoms with Crippen LogP contribution in [-0.4, -0.2) is 23.3 Å². The Labute approximate surface area is 141 Å². The van der Waals surface area contributed by atoms with Crippen molar-refractivity contribution < 1.29 is 9.59 Å². The monoisotopic (exact) mass is 326 g/mol. The van der Waals surface area contributed by atoms with Gasteiger partial charge in [0.15, 0.2) is 0 Å². The Kier molecular flexibility index (Phi) is 5.65. The molecule has 126 valence electrons. The van der Waals surface area contributed by atoms with Gasteiger partial charge in [0.25, 0.3) is 5.91 Å². The van der Waals surface area contributed by atoms with Gasteiger partial charge in [-0.3, -0.25) is 14.6 Å². The summed E-state index contributed by atoms with van der Waals surface area (Å²) in [6, 6.07) is 10.7. The Morgan fingerprint density at radius 3 is 2.21 bits per heavy atom. The highest BCUT2D eigenvalue weighted by Gasteiger charge is 2.12. The Morgan fingerprint density at radius 2 is 1.71 bits per heavy atom. The van der Waals surface area contributed by atoms with Crippen LogP contribution in [0.1, 0.15) is 57.8 Å². The van der Waals surface area contributed by atoms with E-state index in [9.17, 15) is 9.59 Å². The maximum absolute atomic E-state index is 12.1. The molecule has 0 aliphatic rings. The average Bonchev–Trinajstić information content (AvgIpc) is 2.59. The molecule has 0 aliphatic carbocycles. The van der Waals surface area contributed by atoms with E-state index in [2.05, 4.69) is 24.1 Å². The van der Waals surface area contributed by atoms with Crippen LogP contribution < -0.4 is 16.8 Å². The van der Waals surface area contributed by atoms with Gasteiger partial charge in [-0.1, -0.05) is 38.1 Å². The fourth-order valence-corrected chi connectivity index (χ4v) is 2.21. The summed E-state index contributed by atoms with van der Waals surface area (Å²) >= 11 is 0. The second-order valence-corrected chi connectivity index (χ2v) is 5.93. The number of rotatable bonds is 6. The van der Waals surface area contributed by atoms with Gasteiger partial charge in [-0.2, -0.15) is 0 Å². The first-order chi connectivity index (χ1) is 11.4. The molecule has 0 bridgehead atoms. The van der Waals surface area contributed by atoms with Gasteiger partial charge >= 0.3 is 0 Å². The number of nitrogens with one attached hydrogen (secondary N) is 1. The number of nitrogens with zero attached hydrogens (tertiary/aromatic N) is 1. The van der Waals surface area contributed by atoms with E-state index in [4.69, 9.17) is 11.5 Å². The van der Waals surface area contributed by atoms with E-state index in [0.717, 1.165) is 5.56 Å². The first kappa shape index (κ1) is 17.6. The molecule has 0 saturated carbocycles. The summed E-state index contributed by atoms with van der Waals surface area (Å²) in [6.45, 7) is 4.55. The molecular weight excluding hydrogens is 304 g/mol. The minimum atomic E-state index is -0.582. The maximum Gasteiger partial charge on any atom is 0.269 e. The molecule has 1 aromatic carbocycles. The number of aromatic nitrogens is 1. The molecular formula is C18H22N4O2. The lowest BCUT2D eigenvalue weighted by Gasteiger charge is -2.14. The smallest absolute Gasteiger partial charge is 0.269 e. The van der Waals surface area contributed by atoms with Crippen LogP contribution in [0.5, 0.6) is 0 Å². The maximum atomic E-state index is 12.1. The molecule has 0 spiro atoms. The van der Waals surface area contributed by atoms with Crippen LogP contribution in [0.4, 0.5) is 0 Å². The zero-order valence-corrected chi connectivity index (χ0v) is 13.8. The number of carbonyl (C=O) groups excluding carboxylic acids is 2. The van der Waals surface area contributed by atoms with Gasteiger partial charge in [0, 0.05) is 18.8 Å². The van der Waals surface area contributed by atoms with Crippen molar-refractivity contribution in [3.63, 3.8) is 0 Å². The minimum absolute atomic E-state index is 0.211. The molecule has 1 atom stereocenters. The molecule has 0 saturated heterocycles. The molecule has 6 heteroatoms. The quantitative estimate of drug-likeness (QED) is 0.750. The molecule has 24 heavy (non-hydrogen) atoms. The molecule has 0 radical (unpaired) electrons. The van der Waals surface area contributed by atoms with Crippen molar-refractivity contribution >= 4 is 11.8 Å². The Bertz CT molecular complexity index is 709. The van der Waals surface area contributed by atoms with Gasteiger partial charge in [0.05, 0.1) is 5.56 Å². The Balaban J connectivity index is 1.94. The summed E-state index contributed by atoms with van der Waals surface area (Å²) in [4.78, 5) is 27.0. The van der Waals surface area contributed by atoms with E-state index in [0.29, 0.717) is 12.5 Å². The van der Waals surface area contributed by atoms with Crippen molar-refractivity contribution in [2.75, 3.05) is 6.54 Å². The van der Waals surface area contributed by atoms with E-state index < -0.39 is 5.91 Å². The number of pyridine rings is 1. The summed E-state index contributed by atoms with van der Waals surface area (Å²) in [6.07, 6.45) is 1.28. The summed E-state index contributed by atoms with van der Waals surface area (Å²) < 4.78 is 0. The van der Waals surface area contributed by atoms with Crippen molar-refractivity contribution in [2.45, 2.75) is 25.8 Å². The first-order valence-electron chi connectivity index (χ1n) is 7.78. The Hall–Kier alpha value is -2.73. The van der Waals surface area contributed by atoms with Crippen molar-refractivity contribution in [3.05, 3.63) is 65.0 Å². The van der Waals surface area contributed by atoms with Crippen LogP contribution in [0.15, 0.2) is 42.6 Å². The zero-order chi connectivity index (χ0) is 17.7. The topological polar surface area (TPSA) is 111 Å². The predicted molar refractivity (Wildman–Crippen MR) is 92.5 cm³/mol. The molecule has 1 unspecified atom stereocenters. The molecule has 1 aromatic heterocycles. The van der Waals surface area contributed by atoms with Crippen LogP contribution in [0.25, 0.3) is 0 Å². The summed E-state index contributed by atoms with van der Waals surface area (Å²) in [5.74, 6) is -0.467. The highest BCUT2D eigenvalue weighted by molar-refractivity contribution is 5.95. The standard InChI is InChI=1S/C18H22N4O2/c1-11(2)12-3-5-13(6-4-12)15(19)10-22-18(24)16-8-7-14(9-21-16)17(20)23/h3-9,11,15H,10,19H2,1-2H3,(H2,20,23)(H,22,24). The number of nitrogens with two attached hydrogens (primary N) is 2. The van der Waals surface area contributed by atoms with Crippen molar-refractivity contribution in [1.82, 2.24) is 10.3 Å². The van der Waals surface area contributed by atoms with Crippen molar-refractivity contribution in [2.24, 2.45) is 11.5 Å². The van der Waals surface area contributed by atoms with Crippen molar-refractivity contribution in [1.29, 1.82) is 0 Å². The molecule has 0 fully saturated rings.